The van der Waals surface area contributed by atoms with E-state index in [1.165, 1.54) is 26.0 Å². The second-order valence-electron chi connectivity index (χ2n) is 12.8. The van der Waals surface area contributed by atoms with Crippen LogP contribution in [0.1, 0.15) is 102 Å². The Morgan fingerprint density at radius 1 is 0.775 bits per heavy atom. The van der Waals surface area contributed by atoms with Gasteiger partial charge in [-0.3, -0.25) is 10.1 Å². The molecule has 40 heavy (non-hydrogen) atoms. The first-order valence-corrected chi connectivity index (χ1v) is 15.1. The van der Waals surface area contributed by atoms with Crippen LogP contribution in [0.5, 0.6) is 0 Å². The number of hydrogen-bond acceptors (Lipinski definition) is 2. The number of aryl methyl sites for hydroxylation is 1. The molecule has 2 aromatic rings. The van der Waals surface area contributed by atoms with Gasteiger partial charge in [0.05, 0.1) is 6.04 Å². The molecule has 0 unspecified atom stereocenters. The molecular weight excluding hydrogens is 514 g/mol. The normalized spacial score (nSPS) is 19.5. The zero-order valence-corrected chi connectivity index (χ0v) is 24.2. The molecule has 0 saturated heterocycles. The Bertz CT molecular complexity index is 1060. The van der Waals surface area contributed by atoms with E-state index < -0.39 is 23.9 Å². The first kappa shape index (κ1) is 30.7. The van der Waals surface area contributed by atoms with Crippen molar-refractivity contribution in [2.75, 3.05) is 0 Å². The molecule has 1 N–H and O–H groups in total. The van der Waals surface area contributed by atoms with Crippen LogP contribution >= 0.6 is 0 Å². The van der Waals surface area contributed by atoms with Crippen LogP contribution in [0.3, 0.4) is 0 Å². The Hall–Kier alpha value is -2.21. The molecule has 0 radical (unpaired) electrons. The summed E-state index contributed by atoms with van der Waals surface area (Å²) in [6, 6.07) is 10.9. The fourth-order valence-corrected chi connectivity index (χ4v) is 6.99. The van der Waals surface area contributed by atoms with Crippen LogP contribution in [0, 0.1) is 24.7 Å². The first-order valence-electron chi connectivity index (χ1n) is 15.1. The van der Waals surface area contributed by atoms with E-state index in [0.29, 0.717) is 0 Å². The molecule has 2 fully saturated rings. The lowest BCUT2D eigenvalue weighted by Gasteiger charge is -2.40. The second kappa shape index (κ2) is 13.2. The smallest absolute Gasteiger partial charge is 0.298 e. The Morgan fingerprint density at radius 2 is 1.23 bits per heavy atom. The number of hydrogen-bond donors (Lipinski definition) is 1. The van der Waals surface area contributed by atoms with Crippen molar-refractivity contribution in [3.63, 3.8) is 0 Å². The van der Waals surface area contributed by atoms with Gasteiger partial charge >= 0.3 is 6.18 Å². The lowest BCUT2D eigenvalue weighted by molar-refractivity contribution is -0.162. The molecule has 2 aliphatic rings. The number of carbonyl (C=O) groups excluding carboxylic acids is 1. The Labute approximate surface area is 237 Å². The molecule has 2 nitrogen and oxygen atoms in total. The zero-order valence-electron chi connectivity index (χ0n) is 24.2. The average Bonchev–Trinajstić information content (AvgIpc) is 2.92. The minimum atomic E-state index is -4.64. The second-order valence-corrected chi connectivity index (χ2v) is 12.8. The van der Waals surface area contributed by atoms with Crippen molar-refractivity contribution in [1.29, 1.82) is 0 Å². The molecule has 6 heteroatoms. The highest BCUT2D eigenvalue weighted by Crippen LogP contribution is 2.42. The minimum absolute atomic E-state index is 0.0321. The fraction of sp³-hybridized carbons (Fsp3) is 0.618. The molecule has 4 rings (SSSR count). The molecule has 0 aliphatic heterocycles. The number of benzene rings is 2. The number of alkyl halides is 4. The number of ketones is 1. The van der Waals surface area contributed by atoms with E-state index in [2.05, 4.69) is 5.32 Å². The summed E-state index contributed by atoms with van der Waals surface area (Å²) in [5.74, 6) is -0.169. The number of nitrogens with one attached hydrogen (secondary N) is 1. The van der Waals surface area contributed by atoms with Gasteiger partial charge in [-0.25, -0.2) is 4.39 Å². The summed E-state index contributed by atoms with van der Waals surface area (Å²) in [6.45, 7) is 4.68. The lowest BCUT2D eigenvalue weighted by Crippen LogP contribution is -2.51. The topological polar surface area (TPSA) is 29.1 Å². The van der Waals surface area contributed by atoms with Crippen molar-refractivity contribution >= 4 is 5.78 Å². The number of Topliss-reactive ketones (excluding diaryl/α,β-unsaturated/α-hetero) is 1. The summed E-state index contributed by atoms with van der Waals surface area (Å²) >= 11 is 0. The van der Waals surface area contributed by atoms with Gasteiger partial charge in [-0.1, -0.05) is 92.6 Å². The summed E-state index contributed by atoms with van der Waals surface area (Å²) in [5, 5.41) is 2.68. The maximum atomic E-state index is 15.1. The fourth-order valence-electron chi connectivity index (χ4n) is 6.99. The van der Waals surface area contributed by atoms with Crippen LogP contribution in [-0.2, 0) is 4.79 Å². The van der Waals surface area contributed by atoms with Crippen molar-refractivity contribution in [3.8, 4) is 11.1 Å². The third-order valence-electron chi connectivity index (χ3n) is 9.00. The largest absolute Gasteiger partial charge is 0.407 e. The van der Waals surface area contributed by atoms with E-state index >= 15 is 4.39 Å². The van der Waals surface area contributed by atoms with Gasteiger partial charge in [-0.05, 0) is 75.0 Å². The third-order valence-corrected chi connectivity index (χ3v) is 9.00. The molecule has 0 aromatic heterocycles. The first-order chi connectivity index (χ1) is 18.9. The van der Waals surface area contributed by atoms with E-state index in [4.69, 9.17) is 0 Å². The third kappa shape index (κ3) is 8.18. The minimum Gasteiger partial charge on any atom is -0.298 e. The molecule has 0 spiro atoms. The van der Waals surface area contributed by atoms with E-state index in [1.54, 1.807) is 12.1 Å². The zero-order chi connectivity index (χ0) is 28.9. The van der Waals surface area contributed by atoms with Gasteiger partial charge in [0.25, 0.3) is 0 Å². The SMILES string of the molecule is Cc1ccc(-c2ccc([C@H](N[C@@H](CC(C)(C)F)C(=O)C(C3CCCCC3)C3CCCCC3)C(F)(F)F)cc2)cc1. The Kier molecular flexibility index (Phi) is 10.1. The highest BCUT2D eigenvalue weighted by Gasteiger charge is 2.46. The van der Waals surface area contributed by atoms with Crippen molar-refractivity contribution in [2.45, 2.75) is 115 Å². The van der Waals surface area contributed by atoms with Crippen molar-refractivity contribution in [3.05, 3.63) is 59.7 Å². The van der Waals surface area contributed by atoms with Crippen LogP contribution < -0.4 is 5.32 Å². The van der Waals surface area contributed by atoms with Crippen LogP contribution in [0.25, 0.3) is 11.1 Å². The molecule has 2 atom stereocenters. The molecule has 0 bridgehead atoms. The monoisotopic (exact) mass is 559 g/mol. The summed E-state index contributed by atoms with van der Waals surface area (Å²) < 4.78 is 58.8. The van der Waals surface area contributed by atoms with Gasteiger partial charge < -0.3 is 0 Å². The van der Waals surface area contributed by atoms with Gasteiger partial charge in [0.15, 0.2) is 5.78 Å². The lowest BCUT2D eigenvalue weighted by atomic mass is 9.66. The molecule has 2 saturated carbocycles. The molecule has 0 heterocycles. The standard InChI is InChI=1S/C34H45F4NO/c1-23-14-16-24(17-15-23)25-18-20-28(21-19-25)32(34(36,37)38)39-29(22-33(2,3)35)31(40)30(26-10-6-4-7-11-26)27-12-8-5-9-13-27/h14-21,26-27,29-30,32,39H,4-13,22H2,1-3H3/t29-,32-/m0/s1. The Morgan fingerprint density at radius 3 is 1.65 bits per heavy atom. The number of carbonyl (C=O) groups is 1. The maximum absolute atomic E-state index is 15.1. The molecule has 0 amide bonds. The predicted octanol–water partition coefficient (Wildman–Crippen LogP) is 9.71. The quantitative estimate of drug-likeness (QED) is 0.294. The molecule has 2 aromatic carbocycles. The summed E-state index contributed by atoms with van der Waals surface area (Å²) in [4.78, 5) is 14.3. The van der Waals surface area contributed by atoms with E-state index in [0.717, 1.165) is 80.9 Å². The van der Waals surface area contributed by atoms with Crippen LogP contribution in [-0.4, -0.2) is 23.7 Å². The van der Waals surface area contributed by atoms with Crippen LogP contribution in [0.2, 0.25) is 0 Å². The Balaban J connectivity index is 1.64. The van der Waals surface area contributed by atoms with Crippen molar-refractivity contribution in [1.82, 2.24) is 5.32 Å². The van der Waals surface area contributed by atoms with Gasteiger partial charge in [-0.15, -0.1) is 0 Å². The van der Waals surface area contributed by atoms with Crippen LogP contribution in [0.15, 0.2) is 48.5 Å². The average molecular weight is 560 g/mol. The van der Waals surface area contributed by atoms with E-state index in [1.807, 2.05) is 31.2 Å². The summed E-state index contributed by atoms with van der Waals surface area (Å²) in [6.07, 6.45) is 5.27. The summed E-state index contributed by atoms with van der Waals surface area (Å²) in [7, 11) is 0. The predicted molar refractivity (Wildman–Crippen MR) is 154 cm³/mol. The van der Waals surface area contributed by atoms with Crippen molar-refractivity contribution in [2.24, 2.45) is 17.8 Å². The number of halogens is 4. The van der Waals surface area contributed by atoms with Gasteiger partial charge in [0.2, 0.25) is 0 Å². The van der Waals surface area contributed by atoms with Gasteiger partial charge in [0, 0.05) is 12.3 Å². The van der Waals surface area contributed by atoms with Gasteiger partial charge in [0.1, 0.15) is 11.7 Å². The van der Waals surface area contributed by atoms with Crippen LogP contribution in [0.4, 0.5) is 17.6 Å². The van der Waals surface area contributed by atoms with Crippen molar-refractivity contribution < 1.29 is 22.4 Å². The molecular formula is C34H45F4NO. The maximum Gasteiger partial charge on any atom is 0.407 e. The molecule has 220 valence electrons. The van der Waals surface area contributed by atoms with E-state index in [9.17, 15) is 18.0 Å². The molecule has 2 aliphatic carbocycles. The highest BCUT2D eigenvalue weighted by molar-refractivity contribution is 5.87. The highest BCUT2D eigenvalue weighted by atomic mass is 19.4. The van der Waals surface area contributed by atoms with E-state index in [-0.39, 0.29) is 35.5 Å². The number of rotatable bonds is 10. The van der Waals surface area contributed by atoms with Gasteiger partial charge in [-0.2, -0.15) is 13.2 Å². The summed E-state index contributed by atoms with van der Waals surface area (Å²) in [5.41, 5.74) is 1.08.